The molecule has 1 aromatic rings. The van der Waals surface area contributed by atoms with Crippen molar-refractivity contribution in [3.63, 3.8) is 0 Å². The van der Waals surface area contributed by atoms with Gasteiger partial charge in [-0.05, 0) is 42.5 Å². The summed E-state index contributed by atoms with van der Waals surface area (Å²) in [5, 5.41) is 3.55. The molecule has 3 N–H and O–H groups in total. The number of nitrogens with two attached hydrogens (primary N) is 1. The molecular formula is C14H22N2O. The number of methoxy groups -OCH3 is 1. The van der Waals surface area contributed by atoms with Crippen molar-refractivity contribution in [1.82, 2.24) is 5.32 Å². The zero-order chi connectivity index (χ0) is 12.3. The Morgan fingerprint density at radius 2 is 2.06 bits per heavy atom. The lowest BCUT2D eigenvalue weighted by atomic mass is 10.1. The lowest BCUT2D eigenvalue weighted by molar-refractivity contribution is 0.414. The van der Waals surface area contributed by atoms with E-state index >= 15 is 0 Å². The molecule has 0 spiro atoms. The third-order valence-corrected chi connectivity index (χ3v) is 3.66. The van der Waals surface area contributed by atoms with Crippen LogP contribution in [0, 0.1) is 11.8 Å². The molecule has 3 atom stereocenters. The summed E-state index contributed by atoms with van der Waals surface area (Å²) < 4.78 is 5.15. The summed E-state index contributed by atoms with van der Waals surface area (Å²) in [5.74, 6) is 2.62. The minimum absolute atomic E-state index is 0.258. The van der Waals surface area contributed by atoms with Crippen LogP contribution in [-0.4, -0.2) is 20.2 Å². The first-order valence-electron chi connectivity index (χ1n) is 6.32. The standard InChI is InChI=1S/C14H22N2O/c1-10-7-12(10)9-16-14(8-15)11-3-5-13(17-2)6-4-11/h3-6,10,12,14,16H,7-9,15H2,1-2H3. The maximum atomic E-state index is 5.82. The van der Waals surface area contributed by atoms with E-state index in [-0.39, 0.29) is 6.04 Å². The van der Waals surface area contributed by atoms with E-state index in [0.717, 1.165) is 24.1 Å². The summed E-state index contributed by atoms with van der Waals surface area (Å²) >= 11 is 0. The van der Waals surface area contributed by atoms with E-state index in [1.165, 1.54) is 12.0 Å². The van der Waals surface area contributed by atoms with Gasteiger partial charge < -0.3 is 15.8 Å². The van der Waals surface area contributed by atoms with Gasteiger partial charge in [-0.15, -0.1) is 0 Å². The zero-order valence-electron chi connectivity index (χ0n) is 10.6. The first-order valence-corrected chi connectivity index (χ1v) is 6.32. The molecule has 3 unspecified atom stereocenters. The van der Waals surface area contributed by atoms with E-state index in [1.807, 2.05) is 12.1 Å². The van der Waals surface area contributed by atoms with Crippen molar-refractivity contribution in [3.05, 3.63) is 29.8 Å². The number of benzene rings is 1. The van der Waals surface area contributed by atoms with Crippen molar-refractivity contribution in [1.29, 1.82) is 0 Å². The SMILES string of the molecule is COc1ccc(C(CN)NCC2CC2C)cc1. The van der Waals surface area contributed by atoms with Gasteiger partial charge in [0.2, 0.25) is 0 Å². The van der Waals surface area contributed by atoms with Gasteiger partial charge in [-0.25, -0.2) is 0 Å². The molecule has 0 aromatic heterocycles. The molecule has 0 amide bonds. The number of hydrogen-bond donors (Lipinski definition) is 2. The van der Waals surface area contributed by atoms with Gasteiger partial charge in [0.15, 0.2) is 0 Å². The average Bonchev–Trinajstić information content (AvgIpc) is 3.07. The van der Waals surface area contributed by atoms with Crippen LogP contribution in [0.25, 0.3) is 0 Å². The lowest BCUT2D eigenvalue weighted by Crippen LogP contribution is -2.30. The van der Waals surface area contributed by atoms with Gasteiger partial charge >= 0.3 is 0 Å². The predicted octanol–water partition coefficient (Wildman–Crippen LogP) is 1.94. The fourth-order valence-corrected chi connectivity index (χ4v) is 2.15. The topological polar surface area (TPSA) is 47.3 Å². The Morgan fingerprint density at radius 3 is 2.53 bits per heavy atom. The summed E-state index contributed by atoms with van der Waals surface area (Å²) in [4.78, 5) is 0. The molecule has 3 heteroatoms. The molecule has 1 aliphatic rings. The van der Waals surface area contributed by atoms with Crippen molar-refractivity contribution >= 4 is 0 Å². The Hall–Kier alpha value is -1.06. The van der Waals surface area contributed by atoms with E-state index in [4.69, 9.17) is 10.5 Å². The van der Waals surface area contributed by atoms with Gasteiger partial charge in [0.25, 0.3) is 0 Å². The van der Waals surface area contributed by atoms with E-state index < -0.39 is 0 Å². The van der Waals surface area contributed by atoms with Crippen molar-refractivity contribution < 1.29 is 4.74 Å². The molecule has 0 saturated heterocycles. The maximum absolute atomic E-state index is 5.82. The summed E-state index contributed by atoms with van der Waals surface area (Å²) in [6.45, 7) is 4.01. The van der Waals surface area contributed by atoms with Crippen molar-refractivity contribution in [2.75, 3.05) is 20.2 Å². The molecule has 0 aliphatic heterocycles. The molecule has 94 valence electrons. The highest BCUT2D eigenvalue weighted by Crippen LogP contribution is 2.37. The van der Waals surface area contributed by atoms with Crippen LogP contribution in [0.4, 0.5) is 0 Å². The second-order valence-electron chi connectivity index (χ2n) is 4.94. The molecule has 1 fully saturated rings. The quantitative estimate of drug-likeness (QED) is 0.791. The van der Waals surface area contributed by atoms with E-state index in [9.17, 15) is 0 Å². The van der Waals surface area contributed by atoms with Crippen LogP contribution in [0.1, 0.15) is 24.9 Å². The molecule has 0 heterocycles. The maximum Gasteiger partial charge on any atom is 0.118 e. The van der Waals surface area contributed by atoms with Crippen molar-refractivity contribution in [2.24, 2.45) is 17.6 Å². The molecule has 17 heavy (non-hydrogen) atoms. The Bertz CT molecular complexity index is 350. The fraction of sp³-hybridized carbons (Fsp3) is 0.571. The fourth-order valence-electron chi connectivity index (χ4n) is 2.15. The molecule has 1 aliphatic carbocycles. The molecular weight excluding hydrogens is 212 g/mol. The first kappa shape index (κ1) is 12.4. The van der Waals surface area contributed by atoms with Gasteiger partial charge in [0.1, 0.15) is 5.75 Å². The third kappa shape index (κ3) is 3.20. The largest absolute Gasteiger partial charge is 0.497 e. The monoisotopic (exact) mass is 234 g/mol. The van der Waals surface area contributed by atoms with Crippen LogP contribution < -0.4 is 15.8 Å². The highest BCUT2D eigenvalue weighted by molar-refractivity contribution is 5.29. The minimum atomic E-state index is 0.258. The molecule has 0 radical (unpaired) electrons. The zero-order valence-corrected chi connectivity index (χ0v) is 10.6. The molecule has 3 nitrogen and oxygen atoms in total. The Kier molecular flexibility index (Phi) is 4.02. The van der Waals surface area contributed by atoms with Crippen molar-refractivity contribution in [3.8, 4) is 5.75 Å². The van der Waals surface area contributed by atoms with Gasteiger partial charge in [-0.3, -0.25) is 0 Å². The van der Waals surface area contributed by atoms with Crippen LogP contribution in [0.2, 0.25) is 0 Å². The predicted molar refractivity (Wildman–Crippen MR) is 70.1 cm³/mol. The van der Waals surface area contributed by atoms with E-state index in [2.05, 4.69) is 24.4 Å². The summed E-state index contributed by atoms with van der Waals surface area (Å²) in [6.07, 6.45) is 1.35. The van der Waals surface area contributed by atoms with E-state index in [1.54, 1.807) is 7.11 Å². The molecule has 1 saturated carbocycles. The van der Waals surface area contributed by atoms with Gasteiger partial charge in [0.05, 0.1) is 7.11 Å². The highest BCUT2D eigenvalue weighted by atomic mass is 16.5. The number of rotatable bonds is 6. The number of ether oxygens (including phenoxy) is 1. The van der Waals surface area contributed by atoms with Crippen molar-refractivity contribution in [2.45, 2.75) is 19.4 Å². The van der Waals surface area contributed by atoms with Crippen LogP contribution in [0.3, 0.4) is 0 Å². The van der Waals surface area contributed by atoms with Gasteiger partial charge in [-0.1, -0.05) is 19.1 Å². The van der Waals surface area contributed by atoms with Gasteiger partial charge in [0, 0.05) is 12.6 Å². The van der Waals surface area contributed by atoms with Gasteiger partial charge in [-0.2, -0.15) is 0 Å². The average molecular weight is 234 g/mol. The molecule has 1 aromatic carbocycles. The first-order chi connectivity index (χ1) is 8.24. The summed E-state index contributed by atoms with van der Waals surface area (Å²) in [7, 11) is 1.68. The minimum Gasteiger partial charge on any atom is -0.497 e. The molecule has 0 bridgehead atoms. The van der Waals surface area contributed by atoms with E-state index in [0.29, 0.717) is 6.54 Å². The smallest absolute Gasteiger partial charge is 0.118 e. The van der Waals surface area contributed by atoms with Crippen LogP contribution >= 0.6 is 0 Å². The Balaban J connectivity index is 1.91. The second kappa shape index (κ2) is 5.52. The Morgan fingerprint density at radius 1 is 1.41 bits per heavy atom. The summed E-state index contributed by atoms with van der Waals surface area (Å²) in [5.41, 5.74) is 7.06. The van der Waals surface area contributed by atoms with Crippen LogP contribution in [0.5, 0.6) is 5.75 Å². The third-order valence-electron chi connectivity index (χ3n) is 3.66. The highest BCUT2D eigenvalue weighted by Gasteiger charge is 2.32. The second-order valence-corrected chi connectivity index (χ2v) is 4.94. The molecule has 2 rings (SSSR count). The van der Waals surface area contributed by atoms with Crippen LogP contribution in [-0.2, 0) is 0 Å². The lowest BCUT2D eigenvalue weighted by Gasteiger charge is -2.17. The normalized spacial score (nSPS) is 24.4. The Labute approximate surface area is 103 Å². The summed E-state index contributed by atoms with van der Waals surface area (Å²) in [6, 6.07) is 8.40. The number of nitrogens with one attached hydrogen (secondary N) is 1. The number of hydrogen-bond acceptors (Lipinski definition) is 3. The van der Waals surface area contributed by atoms with Crippen LogP contribution in [0.15, 0.2) is 24.3 Å².